The molecule has 0 bridgehead atoms. The molecule has 0 amide bonds. The fourth-order valence-electron chi connectivity index (χ4n) is 2.13. The van der Waals surface area contributed by atoms with Crippen molar-refractivity contribution in [2.75, 3.05) is 13.1 Å². The molecule has 1 aromatic rings. The lowest BCUT2D eigenvalue weighted by molar-refractivity contribution is -0.120. The average molecular weight is 258 g/mol. The molecular formula is C15H18N2O2. The lowest BCUT2D eigenvalue weighted by Gasteiger charge is -2.10. The number of hydrogen-bond donors (Lipinski definition) is 3. The monoisotopic (exact) mass is 258 g/mol. The maximum Gasteiger partial charge on any atom is 0.163 e. The van der Waals surface area contributed by atoms with Crippen molar-refractivity contribution in [3.05, 3.63) is 35.4 Å². The van der Waals surface area contributed by atoms with Crippen LogP contribution in [-0.2, 0) is 11.3 Å². The summed E-state index contributed by atoms with van der Waals surface area (Å²) in [5, 5.41) is 15.5. The molecule has 1 saturated heterocycles. The number of rotatable bonds is 5. The van der Waals surface area contributed by atoms with Gasteiger partial charge in [-0.2, -0.15) is 0 Å². The first-order valence-corrected chi connectivity index (χ1v) is 6.39. The molecule has 4 nitrogen and oxygen atoms in total. The van der Waals surface area contributed by atoms with Gasteiger partial charge in [0.1, 0.15) is 0 Å². The van der Waals surface area contributed by atoms with Crippen molar-refractivity contribution in [3.63, 3.8) is 0 Å². The van der Waals surface area contributed by atoms with Crippen molar-refractivity contribution in [1.82, 2.24) is 10.6 Å². The van der Waals surface area contributed by atoms with Gasteiger partial charge < -0.3 is 15.7 Å². The van der Waals surface area contributed by atoms with E-state index in [1.165, 1.54) is 0 Å². The number of hydrogen-bond acceptors (Lipinski definition) is 4. The molecule has 0 radical (unpaired) electrons. The molecule has 100 valence electrons. The number of Topliss-reactive ketones (excluding diaryl/α,β-unsaturated/α-hetero) is 1. The zero-order valence-corrected chi connectivity index (χ0v) is 10.7. The summed E-state index contributed by atoms with van der Waals surface area (Å²) in [4.78, 5) is 11.8. The van der Waals surface area contributed by atoms with Crippen LogP contribution in [0.4, 0.5) is 0 Å². The van der Waals surface area contributed by atoms with E-state index in [0.29, 0.717) is 26.1 Å². The van der Waals surface area contributed by atoms with Gasteiger partial charge in [0.15, 0.2) is 5.78 Å². The summed E-state index contributed by atoms with van der Waals surface area (Å²) >= 11 is 0. The first-order chi connectivity index (χ1) is 9.19. The number of carbonyl (C=O) groups excluding carboxylic acids is 1. The Hall–Kier alpha value is -1.67. The Balaban J connectivity index is 1.74. The molecule has 1 heterocycles. The van der Waals surface area contributed by atoms with Crippen LogP contribution >= 0.6 is 0 Å². The third-order valence-electron chi connectivity index (χ3n) is 3.25. The Labute approximate surface area is 113 Å². The first-order valence-electron chi connectivity index (χ1n) is 6.39. The summed E-state index contributed by atoms with van der Waals surface area (Å²) in [7, 11) is 0. The maximum absolute atomic E-state index is 11.8. The predicted molar refractivity (Wildman–Crippen MR) is 73.5 cm³/mol. The van der Waals surface area contributed by atoms with Crippen LogP contribution in [0.25, 0.3) is 0 Å². The maximum atomic E-state index is 11.8. The highest BCUT2D eigenvalue weighted by atomic mass is 16.3. The molecule has 0 aromatic heterocycles. The SMILES string of the molecule is C#Cc1ccc(CNCC(=O)[C@@H]2C[C@@H](O)CN2)cc1. The number of benzene rings is 1. The van der Waals surface area contributed by atoms with Crippen LogP contribution in [0.2, 0.25) is 0 Å². The highest BCUT2D eigenvalue weighted by Crippen LogP contribution is 2.07. The van der Waals surface area contributed by atoms with E-state index in [1.54, 1.807) is 0 Å². The van der Waals surface area contributed by atoms with Crippen LogP contribution in [0.3, 0.4) is 0 Å². The molecule has 0 saturated carbocycles. The highest BCUT2D eigenvalue weighted by Gasteiger charge is 2.27. The molecule has 3 N–H and O–H groups in total. The van der Waals surface area contributed by atoms with Crippen LogP contribution in [0.1, 0.15) is 17.5 Å². The molecule has 1 aliphatic heterocycles. The second-order valence-corrected chi connectivity index (χ2v) is 4.76. The van der Waals surface area contributed by atoms with Gasteiger partial charge in [-0.15, -0.1) is 6.42 Å². The summed E-state index contributed by atoms with van der Waals surface area (Å²) < 4.78 is 0. The standard InChI is InChI=1S/C15H18N2O2/c1-2-11-3-5-12(6-4-11)8-16-10-15(19)14-7-13(18)9-17-14/h1,3-6,13-14,16-18H,7-10H2/t13-,14+/m1/s1. The number of aliphatic hydroxyl groups is 1. The van der Waals surface area contributed by atoms with Crippen molar-refractivity contribution < 1.29 is 9.90 Å². The molecule has 1 aliphatic rings. The smallest absolute Gasteiger partial charge is 0.163 e. The highest BCUT2D eigenvalue weighted by molar-refractivity contribution is 5.86. The number of nitrogens with one attached hydrogen (secondary N) is 2. The number of carbonyl (C=O) groups is 1. The molecule has 0 spiro atoms. The van der Waals surface area contributed by atoms with Crippen LogP contribution < -0.4 is 10.6 Å². The second kappa shape index (κ2) is 6.48. The van der Waals surface area contributed by atoms with E-state index in [4.69, 9.17) is 6.42 Å². The molecular weight excluding hydrogens is 240 g/mol. The molecule has 2 atom stereocenters. The zero-order valence-electron chi connectivity index (χ0n) is 10.7. The Bertz CT molecular complexity index is 476. The van der Waals surface area contributed by atoms with Gasteiger partial charge in [0.25, 0.3) is 0 Å². The lowest BCUT2D eigenvalue weighted by atomic mass is 10.1. The predicted octanol–water partition coefficient (Wildman–Crippen LogP) is 0.0494. The summed E-state index contributed by atoms with van der Waals surface area (Å²) in [5.74, 6) is 2.66. The van der Waals surface area contributed by atoms with Gasteiger partial charge in [-0.25, -0.2) is 0 Å². The Morgan fingerprint density at radius 1 is 1.47 bits per heavy atom. The van der Waals surface area contributed by atoms with E-state index in [-0.39, 0.29) is 11.8 Å². The summed E-state index contributed by atoms with van der Waals surface area (Å²) in [6.07, 6.45) is 5.40. The largest absolute Gasteiger partial charge is 0.392 e. The van der Waals surface area contributed by atoms with Gasteiger partial charge in [0.2, 0.25) is 0 Å². The van der Waals surface area contributed by atoms with E-state index in [1.807, 2.05) is 24.3 Å². The zero-order chi connectivity index (χ0) is 13.7. The third-order valence-corrected chi connectivity index (χ3v) is 3.25. The van der Waals surface area contributed by atoms with Crippen LogP contribution in [0.15, 0.2) is 24.3 Å². The van der Waals surface area contributed by atoms with Crippen LogP contribution in [0.5, 0.6) is 0 Å². The number of terminal acetylenes is 1. The van der Waals surface area contributed by atoms with E-state index in [2.05, 4.69) is 16.6 Å². The lowest BCUT2D eigenvalue weighted by Crippen LogP contribution is -2.37. The molecule has 1 fully saturated rings. The van der Waals surface area contributed by atoms with Gasteiger partial charge in [0.05, 0.1) is 18.7 Å². The fraction of sp³-hybridized carbons (Fsp3) is 0.400. The van der Waals surface area contributed by atoms with Crippen molar-refractivity contribution in [3.8, 4) is 12.3 Å². The molecule has 2 rings (SSSR count). The van der Waals surface area contributed by atoms with Crippen LogP contribution in [0, 0.1) is 12.3 Å². The second-order valence-electron chi connectivity index (χ2n) is 4.76. The van der Waals surface area contributed by atoms with E-state index >= 15 is 0 Å². The van der Waals surface area contributed by atoms with Crippen LogP contribution in [-0.4, -0.2) is 36.1 Å². The van der Waals surface area contributed by atoms with Gasteiger partial charge >= 0.3 is 0 Å². The topological polar surface area (TPSA) is 61.4 Å². The van der Waals surface area contributed by atoms with Gasteiger partial charge in [-0.1, -0.05) is 18.1 Å². The third kappa shape index (κ3) is 3.90. The summed E-state index contributed by atoms with van der Waals surface area (Å²) in [6.45, 7) is 1.44. The molecule has 1 aromatic carbocycles. The fourth-order valence-corrected chi connectivity index (χ4v) is 2.13. The van der Waals surface area contributed by atoms with Crippen molar-refractivity contribution in [1.29, 1.82) is 0 Å². The number of ketones is 1. The van der Waals surface area contributed by atoms with Gasteiger partial charge in [-0.05, 0) is 24.1 Å². The minimum atomic E-state index is -0.398. The van der Waals surface area contributed by atoms with Crippen molar-refractivity contribution in [2.45, 2.75) is 25.1 Å². The minimum absolute atomic E-state index is 0.0943. The minimum Gasteiger partial charge on any atom is -0.392 e. The van der Waals surface area contributed by atoms with Crippen molar-refractivity contribution in [2.24, 2.45) is 0 Å². The Morgan fingerprint density at radius 2 is 2.21 bits per heavy atom. The van der Waals surface area contributed by atoms with Crippen molar-refractivity contribution >= 4 is 5.78 Å². The Morgan fingerprint density at radius 3 is 2.79 bits per heavy atom. The first kappa shape index (κ1) is 13.8. The summed E-state index contributed by atoms with van der Waals surface area (Å²) in [5.41, 5.74) is 1.94. The quantitative estimate of drug-likeness (QED) is 0.653. The van der Waals surface area contributed by atoms with Gasteiger partial charge in [0, 0.05) is 18.7 Å². The van der Waals surface area contributed by atoms with E-state index < -0.39 is 6.10 Å². The summed E-state index contributed by atoms with van der Waals surface area (Å²) in [6, 6.07) is 7.45. The molecule has 19 heavy (non-hydrogen) atoms. The molecule has 4 heteroatoms. The molecule has 0 unspecified atom stereocenters. The van der Waals surface area contributed by atoms with E-state index in [9.17, 15) is 9.90 Å². The number of aliphatic hydroxyl groups excluding tert-OH is 1. The molecule has 0 aliphatic carbocycles. The Kier molecular flexibility index (Phi) is 4.69. The normalized spacial score (nSPS) is 22.1. The average Bonchev–Trinajstić information content (AvgIpc) is 2.86. The van der Waals surface area contributed by atoms with Gasteiger partial charge in [-0.3, -0.25) is 4.79 Å². The number of β-amino-alcohol motifs (C(OH)–C–C–N with tert-alkyl or cyclic N) is 1. The van der Waals surface area contributed by atoms with E-state index in [0.717, 1.165) is 11.1 Å².